The molecule has 0 saturated carbocycles. The van der Waals surface area contributed by atoms with Crippen LogP contribution >= 0.6 is 11.6 Å². The molecule has 2 amide bonds. The number of carboxylic acids is 1. The van der Waals surface area contributed by atoms with Gasteiger partial charge in [0, 0.05) is 17.6 Å². The number of rotatable bonds is 6. The highest BCUT2D eigenvalue weighted by Gasteiger charge is 2.36. The lowest BCUT2D eigenvalue weighted by atomic mass is 10.0. The molecule has 3 atom stereocenters. The quantitative estimate of drug-likeness (QED) is 0.786. The number of aliphatic carboxylic acids is 1. The molecule has 2 rings (SSSR count). The summed E-state index contributed by atoms with van der Waals surface area (Å²) in [6.07, 6.45) is 1.21. The van der Waals surface area contributed by atoms with Crippen molar-refractivity contribution >= 4 is 29.4 Å². The Kier molecular flexibility index (Phi) is 6.47. The first-order valence-corrected chi connectivity index (χ1v) is 8.81. The van der Waals surface area contributed by atoms with Gasteiger partial charge in [0.2, 0.25) is 5.91 Å². The fraction of sp³-hybridized carbons (Fsp3) is 0.500. The van der Waals surface area contributed by atoms with Gasteiger partial charge in [0.25, 0.3) is 5.91 Å². The van der Waals surface area contributed by atoms with Crippen LogP contribution in [0.25, 0.3) is 0 Å². The van der Waals surface area contributed by atoms with Gasteiger partial charge in [-0.15, -0.1) is 0 Å². The van der Waals surface area contributed by atoms with Gasteiger partial charge in [-0.05, 0) is 44.9 Å². The summed E-state index contributed by atoms with van der Waals surface area (Å²) in [5.41, 5.74) is 0.298. The predicted octanol–water partition coefficient (Wildman–Crippen LogP) is 2.18. The molecule has 1 aromatic rings. The largest absolute Gasteiger partial charge is 0.496 e. The van der Waals surface area contributed by atoms with Crippen molar-refractivity contribution in [2.24, 2.45) is 5.92 Å². The van der Waals surface area contributed by atoms with Gasteiger partial charge in [-0.3, -0.25) is 14.4 Å². The molecular weight excluding hydrogens is 360 g/mol. The zero-order valence-electron chi connectivity index (χ0n) is 15.0. The molecule has 142 valence electrons. The van der Waals surface area contributed by atoms with Crippen LogP contribution in [0.3, 0.4) is 0 Å². The van der Waals surface area contributed by atoms with Crippen LogP contribution in [0.5, 0.6) is 5.75 Å². The second kappa shape index (κ2) is 8.40. The molecule has 1 saturated heterocycles. The van der Waals surface area contributed by atoms with E-state index >= 15 is 0 Å². The van der Waals surface area contributed by atoms with Crippen molar-refractivity contribution in [1.29, 1.82) is 0 Å². The summed E-state index contributed by atoms with van der Waals surface area (Å²) in [4.78, 5) is 38.1. The number of carbonyl (C=O) groups excluding carboxylic acids is 2. The van der Waals surface area contributed by atoms with Crippen molar-refractivity contribution < 1.29 is 24.2 Å². The number of nitrogens with one attached hydrogen (secondary N) is 1. The molecule has 1 aromatic carbocycles. The van der Waals surface area contributed by atoms with Crippen molar-refractivity contribution in [3.63, 3.8) is 0 Å². The van der Waals surface area contributed by atoms with Gasteiger partial charge in [0.15, 0.2) is 0 Å². The normalized spacial score (nSPS) is 18.9. The summed E-state index contributed by atoms with van der Waals surface area (Å²) in [6.45, 7) is 3.61. The van der Waals surface area contributed by atoms with Crippen molar-refractivity contribution in [2.75, 3.05) is 13.7 Å². The van der Waals surface area contributed by atoms with E-state index in [0.29, 0.717) is 35.7 Å². The van der Waals surface area contributed by atoms with E-state index in [-0.39, 0.29) is 11.8 Å². The molecule has 0 bridgehead atoms. The van der Waals surface area contributed by atoms with Gasteiger partial charge >= 0.3 is 5.97 Å². The van der Waals surface area contributed by atoms with E-state index in [2.05, 4.69) is 5.32 Å². The van der Waals surface area contributed by atoms with Crippen LogP contribution in [0.2, 0.25) is 5.02 Å². The number of hydrogen-bond donors (Lipinski definition) is 2. The zero-order valence-corrected chi connectivity index (χ0v) is 15.7. The van der Waals surface area contributed by atoms with Crippen LogP contribution < -0.4 is 10.1 Å². The van der Waals surface area contributed by atoms with Crippen LogP contribution in [-0.4, -0.2) is 53.5 Å². The molecule has 1 fully saturated rings. The topological polar surface area (TPSA) is 95.9 Å². The third kappa shape index (κ3) is 4.27. The van der Waals surface area contributed by atoms with E-state index in [4.69, 9.17) is 21.4 Å². The summed E-state index contributed by atoms with van der Waals surface area (Å²) in [6, 6.07) is 3.57. The molecular formula is C18H23ClN2O5. The maximum absolute atomic E-state index is 12.9. The third-order valence-electron chi connectivity index (χ3n) is 4.72. The van der Waals surface area contributed by atoms with Crippen molar-refractivity contribution in [1.82, 2.24) is 10.2 Å². The molecule has 2 N–H and O–H groups in total. The molecule has 0 spiro atoms. The van der Waals surface area contributed by atoms with E-state index in [1.807, 2.05) is 0 Å². The molecule has 7 nitrogen and oxygen atoms in total. The van der Waals surface area contributed by atoms with Gasteiger partial charge < -0.3 is 20.1 Å². The Labute approximate surface area is 157 Å². The minimum atomic E-state index is -0.985. The summed E-state index contributed by atoms with van der Waals surface area (Å²) in [5.74, 6) is -2.00. The molecule has 8 heteroatoms. The number of carboxylic acid groups (broad SMARTS) is 1. The summed E-state index contributed by atoms with van der Waals surface area (Å²) in [5, 5.41) is 12.2. The zero-order chi connectivity index (χ0) is 19.4. The van der Waals surface area contributed by atoms with E-state index in [1.54, 1.807) is 19.1 Å². The van der Waals surface area contributed by atoms with Crippen LogP contribution in [0.15, 0.2) is 18.2 Å². The first kappa shape index (κ1) is 20.0. The number of likely N-dealkylation sites (tertiary alicyclic amines) is 1. The van der Waals surface area contributed by atoms with Gasteiger partial charge in [-0.1, -0.05) is 11.6 Å². The van der Waals surface area contributed by atoms with Crippen molar-refractivity contribution in [3.05, 3.63) is 28.8 Å². The first-order valence-electron chi connectivity index (χ1n) is 8.44. The smallest absolute Gasteiger partial charge is 0.308 e. The number of carbonyl (C=O) groups is 3. The number of halogens is 1. The summed E-state index contributed by atoms with van der Waals surface area (Å²) < 4.78 is 5.23. The predicted molar refractivity (Wildman–Crippen MR) is 96.5 cm³/mol. The fourth-order valence-corrected chi connectivity index (χ4v) is 3.12. The average Bonchev–Trinajstić information content (AvgIpc) is 3.09. The van der Waals surface area contributed by atoms with E-state index in [9.17, 15) is 14.4 Å². The highest BCUT2D eigenvalue weighted by Crippen LogP contribution is 2.27. The maximum Gasteiger partial charge on any atom is 0.308 e. The average molecular weight is 383 g/mol. The molecule has 1 heterocycles. The van der Waals surface area contributed by atoms with Crippen LogP contribution in [0.1, 0.15) is 37.0 Å². The Morgan fingerprint density at radius 3 is 2.65 bits per heavy atom. The monoisotopic (exact) mass is 382 g/mol. The Bertz CT molecular complexity index is 709. The third-order valence-corrected chi connectivity index (χ3v) is 4.95. The van der Waals surface area contributed by atoms with E-state index in [0.717, 1.165) is 0 Å². The molecule has 1 aliphatic heterocycles. The Morgan fingerprint density at radius 2 is 2.04 bits per heavy atom. The van der Waals surface area contributed by atoms with Crippen molar-refractivity contribution in [2.45, 2.75) is 38.8 Å². The molecule has 3 unspecified atom stereocenters. The van der Waals surface area contributed by atoms with Crippen LogP contribution in [-0.2, 0) is 9.59 Å². The highest BCUT2D eigenvalue weighted by atomic mass is 35.5. The van der Waals surface area contributed by atoms with E-state index < -0.39 is 24.0 Å². The number of benzene rings is 1. The minimum absolute atomic E-state index is 0.298. The second-order valence-electron chi connectivity index (χ2n) is 6.43. The van der Waals surface area contributed by atoms with Gasteiger partial charge in [-0.2, -0.15) is 0 Å². The van der Waals surface area contributed by atoms with Crippen molar-refractivity contribution in [3.8, 4) is 5.75 Å². The standard InChI is InChI=1S/C18H23ClN2O5/c1-10(18(24)25)11(2)20-16(22)14-5-4-8-21(14)17(23)13-9-12(19)6-7-15(13)26-3/h6-7,9-11,14H,4-5,8H2,1-3H3,(H,20,22)(H,24,25). The molecule has 1 aliphatic rings. The molecule has 0 aliphatic carbocycles. The van der Waals surface area contributed by atoms with Gasteiger partial charge in [0.1, 0.15) is 11.8 Å². The number of nitrogens with zero attached hydrogens (tertiary/aromatic N) is 1. The Morgan fingerprint density at radius 1 is 1.35 bits per heavy atom. The SMILES string of the molecule is COc1ccc(Cl)cc1C(=O)N1CCCC1C(=O)NC(C)C(C)C(=O)O. The lowest BCUT2D eigenvalue weighted by Gasteiger charge is -2.27. The first-order chi connectivity index (χ1) is 12.3. The molecule has 0 aromatic heterocycles. The lowest BCUT2D eigenvalue weighted by Crippen LogP contribution is -2.50. The van der Waals surface area contributed by atoms with Gasteiger partial charge in [-0.25, -0.2) is 0 Å². The van der Waals surface area contributed by atoms with Crippen LogP contribution in [0.4, 0.5) is 0 Å². The van der Waals surface area contributed by atoms with Gasteiger partial charge in [0.05, 0.1) is 18.6 Å². The number of ether oxygens (including phenoxy) is 1. The lowest BCUT2D eigenvalue weighted by molar-refractivity contribution is -0.142. The van der Waals surface area contributed by atoms with E-state index in [1.165, 1.54) is 25.0 Å². The fourth-order valence-electron chi connectivity index (χ4n) is 2.94. The number of amides is 2. The highest BCUT2D eigenvalue weighted by molar-refractivity contribution is 6.31. The summed E-state index contributed by atoms with van der Waals surface area (Å²) in [7, 11) is 1.46. The van der Waals surface area contributed by atoms with Crippen LogP contribution in [0, 0.1) is 5.92 Å². The minimum Gasteiger partial charge on any atom is -0.496 e. The number of hydrogen-bond acceptors (Lipinski definition) is 4. The molecule has 0 radical (unpaired) electrons. The number of methoxy groups -OCH3 is 1. The Hall–Kier alpha value is -2.28. The maximum atomic E-state index is 12.9. The second-order valence-corrected chi connectivity index (χ2v) is 6.86. The molecule has 26 heavy (non-hydrogen) atoms. The summed E-state index contributed by atoms with van der Waals surface area (Å²) >= 11 is 6.00. The Balaban J connectivity index is 2.17.